The molecule has 0 aliphatic carbocycles. The van der Waals surface area contributed by atoms with E-state index in [9.17, 15) is 5.11 Å². The quantitative estimate of drug-likeness (QED) is 0.753. The van der Waals surface area contributed by atoms with Crippen LogP contribution in [0.2, 0.25) is 0 Å². The van der Waals surface area contributed by atoms with Crippen LogP contribution in [0.1, 0.15) is 5.69 Å². The number of phenols is 1. The molecule has 0 aliphatic heterocycles. The normalized spacial score (nSPS) is 10.4. The number of aryl methyl sites for hydroxylation is 1. The lowest BCUT2D eigenvalue weighted by Crippen LogP contribution is -1.81. The monoisotopic (exact) mass is 206 g/mol. The van der Waals surface area contributed by atoms with Gasteiger partial charge in [0.25, 0.3) is 0 Å². The van der Waals surface area contributed by atoms with Crippen LogP contribution < -0.4 is 5.73 Å². The fourth-order valence-electron chi connectivity index (χ4n) is 1.33. The Morgan fingerprint density at radius 3 is 2.79 bits per heavy atom. The molecule has 0 radical (unpaired) electrons. The summed E-state index contributed by atoms with van der Waals surface area (Å²) in [7, 11) is 0. The Hall–Kier alpha value is -1.55. The fourth-order valence-corrected chi connectivity index (χ4v) is 2.16. The van der Waals surface area contributed by atoms with Crippen LogP contribution in [-0.4, -0.2) is 10.1 Å². The van der Waals surface area contributed by atoms with Gasteiger partial charge >= 0.3 is 0 Å². The van der Waals surface area contributed by atoms with Crippen molar-refractivity contribution in [2.24, 2.45) is 0 Å². The summed E-state index contributed by atoms with van der Waals surface area (Å²) in [6, 6.07) is 7.09. The SMILES string of the molecule is Cc1nc(N)sc1-c1cccc(O)c1. The minimum Gasteiger partial charge on any atom is -0.508 e. The second-order valence-corrected chi connectivity index (χ2v) is 4.05. The summed E-state index contributed by atoms with van der Waals surface area (Å²) >= 11 is 1.43. The summed E-state index contributed by atoms with van der Waals surface area (Å²) in [5.41, 5.74) is 7.46. The molecule has 1 aromatic carbocycles. The maximum absolute atomic E-state index is 9.33. The molecule has 1 heterocycles. The van der Waals surface area contributed by atoms with E-state index in [1.54, 1.807) is 18.2 Å². The van der Waals surface area contributed by atoms with E-state index in [1.807, 2.05) is 13.0 Å². The molecule has 14 heavy (non-hydrogen) atoms. The van der Waals surface area contributed by atoms with E-state index in [1.165, 1.54) is 11.3 Å². The zero-order valence-electron chi connectivity index (χ0n) is 7.69. The third kappa shape index (κ3) is 1.56. The van der Waals surface area contributed by atoms with Crippen molar-refractivity contribution in [1.82, 2.24) is 4.98 Å². The van der Waals surface area contributed by atoms with Crippen molar-refractivity contribution in [2.45, 2.75) is 6.92 Å². The number of nitrogens with zero attached hydrogens (tertiary/aromatic N) is 1. The molecule has 72 valence electrons. The number of anilines is 1. The highest BCUT2D eigenvalue weighted by Gasteiger charge is 2.07. The van der Waals surface area contributed by atoms with E-state index >= 15 is 0 Å². The van der Waals surface area contributed by atoms with Gasteiger partial charge < -0.3 is 10.8 Å². The summed E-state index contributed by atoms with van der Waals surface area (Å²) in [5, 5.41) is 9.88. The molecular formula is C10H10N2OS. The van der Waals surface area contributed by atoms with Crippen LogP contribution >= 0.6 is 11.3 Å². The van der Waals surface area contributed by atoms with Crippen molar-refractivity contribution < 1.29 is 5.11 Å². The van der Waals surface area contributed by atoms with Gasteiger partial charge in [-0.05, 0) is 24.6 Å². The van der Waals surface area contributed by atoms with Crippen molar-refractivity contribution in [1.29, 1.82) is 0 Å². The predicted octanol–water partition coefficient (Wildman–Crippen LogP) is 2.41. The van der Waals surface area contributed by atoms with Crippen LogP contribution in [0.4, 0.5) is 5.13 Å². The molecule has 0 fully saturated rings. The second-order valence-electron chi connectivity index (χ2n) is 3.02. The smallest absolute Gasteiger partial charge is 0.180 e. The lowest BCUT2D eigenvalue weighted by molar-refractivity contribution is 0.475. The molecule has 0 aliphatic rings. The summed E-state index contributed by atoms with van der Waals surface area (Å²) in [5.74, 6) is 0.258. The lowest BCUT2D eigenvalue weighted by Gasteiger charge is -1.98. The van der Waals surface area contributed by atoms with Crippen LogP contribution in [0, 0.1) is 6.92 Å². The first-order chi connectivity index (χ1) is 6.66. The first kappa shape index (κ1) is 9.02. The number of thiazole rings is 1. The Labute approximate surface area is 85.8 Å². The van der Waals surface area contributed by atoms with Gasteiger partial charge in [0.05, 0.1) is 10.6 Å². The Kier molecular flexibility index (Phi) is 2.13. The average Bonchev–Trinajstić information content (AvgIpc) is 2.45. The minimum atomic E-state index is 0.258. The summed E-state index contributed by atoms with van der Waals surface area (Å²) < 4.78 is 0. The van der Waals surface area contributed by atoms with Crippen molar-refractivity contribution in [3.63, 3.8) is 0 Å². The highest BCUT2D eigenvalue weighted by molar-refractivity contribution is 7.18. The van der Waals surface area contributed by atoms with Crippen molar-refractivity contribution in [3.05, 3.63) is 30.0 Å². The summed E-state index contributed by atoms with van der Waals surface area (Å²) in [6.07, 6.45) is 0. The van der Waals surface area contributed by atoms with Crippen LogP contribution in [-0.2, 0) is 0 Å². The number of benzene rings is 1. The van der Waals surface area contributed by atoms with Gasteiger partial charge in [0.2, 0.25) is 0 Å². The van der Waals surface area contributed by atoms with Crippen LogP contribution in [0.5, 0.6) is 5.75 Å². The van der Waals surface area contributed by atoms with Gasteiger partial charge in [-0.25, -0.2) is 4.98 Å². The van der Waals surface area contributed by atoms with Gasteiger partial charge in [-0.15, -0.1) is 0 Å². The van der Waals surface area contributed by atoms with Crippen molar-refractivity contribution in [3.8, 4) is 16.2 Å². The molecule has 0 bridgehead atoms. The van der Waals surface area contributed by atoms with E-state index in [-0.39, 0.29) is 5.75 Å². The number of hydrogen-bond donors (Lipinski definition) is 2. The van der Waals surface area contributed by atoms with Crippen molar-refractivity contribution >= 4 is 16.5 Å². The largest absolute Gasteiger partial charge is 0.508 e. The number of rotatable bonds is 1. The van der Waals surface area contributed by atoms with Crippen molar-refractivity contribution in [2.75, 3.05) is 5.73 Å². The predicted molar refractivity (Wildman–Crippen MR) is 58.4 cm³/mol. The molecule has 3 nitrogen and oxygen atoms in total. The third-order valence-corrected chi connectivity index (χ3v) is 2.96. The molecule has 0 saturated carbocycles. The molecule has 4 heteroatoms. The average molecular weight is 206 g/mol. The van der Waals surface area contributed by atoms with Gasteiger partial charge in [-0.1, -0.05) is 23.5 Å². The zero-order chi connectivity index (χ0) is 10.1. The molecule has 0 atom stereocenters. The lowest BCUT2D eigenvalue weighted by atomic mass is 10.1. The number of phenolic OH excluding ortho intramolecular Hbond substituents is 1. The van der Waals surface area contributed by atoms with E-state index in [0.29, 0.717) is 5.13 Å². The van der Waals surface area contributed by atoms with Crippen LogP contribution in [0.3, 0.4) is 0 Å². The molecule has 0 spiro atoms. The Morgan fingerprint density at radius 2 is 2.21 bits per heavy atom. The van der Waals surface area contributed by atoms with E-state index in [4.69, 9.17) is 5.73 Å². The number of aromatic hydroxyl groups is 1. The summed E-state index contributed by atoms with van der Waals surface area (Å²) in [6.45, 7) is 1.91. The van der Waals surface area contributed by atoms with Gasteiger partial charge in [0, 0.05) is 0 Å². The summed E-state index contributed by atoms with van der Waals surface area (Å²) in [4.78, 5) is 5.14. The van der Waals surface area contributed by atoms with E-state index in [2.05, 4.69) is 4.98 Å². The number of aromatic nitrogens is 1. The maximum Gasteiger partial charge on any atom is 0.180 e. The first-order valence-corrected chi connectivity index (χ1v) is 5.01. The molecule has 0 unspecified atom stereocenters. The van der Waals surface area contributed by atoms with Gasteiger partial charge in [0.1, 0.15) is 5.75 Å². The molecule has 1 aromatic heterocycles. The van der Waals surface area contributed by atoms with Crippen LogP contribution in [0.25, 0.3) is 10.4 Å². The minimum absolute atomic E-state index is 0.258. The topological polar surface area (TPSA) is 59.1 Å². The van der Waals surface area contributed by atoms with E-state index < -0.39 is 0 Å². The molecular weight excluding hydrogens is 196 g/mol. The molecule has 3 N–H and O–H groups in total. The number of nitrogens with two attached hydrogens (primary N) is 1. The van der Waals surface area contributed by atoms with Gasteiger partial charge in [-0.3, -0.25) is 0 Å². The maximum atomic E-state index is 9.33. The number of hydrogen-bond acceptors (Lipinski definition) is 4. The Balaban J connectivity index is 2.54. The Bertz CT molecular complexity index is 465. The van der Waals surface area contributed by atoms with Gasteiger partial charge in [-0.2, -0.15) is 0 Å². The highest BCUT2D eigenvalue weighted by Crippen LogP contribution is 2.32. The fraction of sp³-hybridized carbons (Fsp3) is 0.100. The zero-order valence-corrected chi connectivity index (χ0v) is 8.51. The molecule has 2 rings (SSSR count). The third-order valence-electron chi connectivity index (χ3n) is 1.92. The second kappa shape index (κ2) is 3.31. The van der Waals surface area contributed by atoms with E-state index in [0.717, 1.165) is 16.1 Å². The molecule has 0 saturated heterocycles. The number of nitrogen functional groups attached to an aromatic ring is 1. The highest BCUT2D eigenvalue weighted by atomic mass is 32.1. The molecule has 2 aromatic rings. The van der Waals surface area contributed by atoms with Crippen LogP contribution in [0.15, 0.2) is 24.3 Å². The van der Waals surface area contributed by atoms with Gasteiger partial charge in [0.15, 0.2) is 5.13 Å². The standard InChI is InChI=1S/C10H10N2OS/c1-6-9(14-10(11)12-6)7-3-2-4-8(13)5-7/h2-5,13H,1H3,(H2,11,12). The Morgan fingerprint density at radius 1 is 1.43 bits per heavy atom. The first-order valence-electron chi connectivity index (χ1n) is 4.19. The molecule has 0 amide bonds.